The van der Waals surface area contributed by atoms with E-state index in [2.05, 4.69) is 72.3 Å². The molecule has 123 heavy (non-hydrogen) atoms. The van der Waals surface area contributed by atoms with Crippen molar-refractivity contribution in [3.05, 3.63) is 42.0 Å². The number of Topliss-reactive ketones (excluding diaryl/α,β-unsaturated/α-hetero) is 2. The van der Waals surface area contributed by atoms with E-state index >= 15 is 0 Å². The molecule has 0 bridgehead atoms. The highest BCUT2D eigenvalue weighted by Crippen LogP contribution is 2.15. The van der Waals surface area contributed by atoms with E-state index in [1.165, 1.54) is 24.8 Å². The zero-order chi connectivity index (χ0) is 93.2. The number of ether oxygens (including phenoxy) is 4. The van der Waals surface area contributed by atoms with Crippen LogP contribution >= 0.6 is 12.2 Å². The van der Waals surface area contributed by atoms with Crippen molar-refractivity contribution >= 4 is 117 Å². The number of imide groups is 2. The first kappa shape index (κ1) is 122. The van der Waals surface area contributed by atoms with E-state index < -0.39 is 35.5 Å². The van der Waals surface area contributed by atoms with Crippen LogP contribution in [0.5, 0.6) is 0 Å². The molecule has 0 saturated carbocycles. The third-order valence-electron chi connectivity index (χ3n) is 16.5. The fourth-order valence-corrected chi connectivity index (χ4v) is 9.21. The van der Waals surface area contributed by atoms with Crippen LogP contribution in [0.3, 0.4) is 0 Å². The van der Waals surface area contributed by atoms with Gasteiger partial charge < -0.3 is 91.9 Å². The number of benzene rings is 1. The SMILES string of the molecule is C.CC(=O)CCCNC(=O)C(C)C.CC(=O)CCCNC(=O)C(C)C.CC(C)C(=O)NCCOCCNC(=O)CCCCCCC(=O)ON1C(=O)CCC1=O.CC(C)C(=O)NCCOCCNC(=O)CN1C(=O)C=CC1=O.CCCCCCNC(=O)C(C)C.CCCOCCNC(=O)C(C)C.Cc1ccc(NC(=S)NCCOCCNC(=O)C(C)C)cc1. The molecule has 0 aliphatic carbocycles. The predicted molar refractivity (Wildman–Crippen MR) is 481 cm³/mol. The molecule has 35 heteroatoms. The van der Waals surface area contributed by atoms with Gasteiger partial charge in [-0.25, -0.2) is 4.79 Å². The number of hydroxylamine groups is 2. The molecule has 3 rings (SSSR count). The molecule has 13 amide bonds. The Morgan fingerprint density at radius 3 is 1.02 bits per heavy atom. The van der Waals surface area contributed by atoms with Gasteiger partial charge in [-0.1, -0.05) is 168 Å². The molecule has 0 aromatic heterocycles. The van der Waals surface area contributed by atoms with E-state index in [1.807, 2.05) is 114 Å². The topological polar surface area (TPSA) is 458 Å². The van der Waals surface area contributed by atoms with Gasteiger partial charge in [-0.3, -0.25) is 67.2 Å². The zero-order valence-corrected chi connectivity index (χ0v) is 77.7. The maximum absolute atomic E-state index is 11.7. The molecule has 0 unspecified atom stereocenters. The van der Waals surface area contributed by atoms with Crippen LogP contribution in [0, 0.1) is 48.3 Å². The summed E-state index contributed by atoms with van der Waals surface area (Å²) in [6.07, 6.45) is 14.2. The first-order valence-electron chi connectivity index (χ1n) is 43.1. The van der Waals surface area contributed by atoms with Gasteiger partial charge in [0.1, 0.15) is 18.1 Å². The van der Waals surface area contributed by atoms with Crippen molar-refractivity contribution in [1.82, 2.24) is 63.1 Å². The lowest BCUT2D eigenvalue weighted by atomic mass is 10.1. The standard InChI is InChI=1S/C20H33N3O7.C16H25N3O2S.C14H21N3O5.C10H21NO.2C9H17NO2.C9H19NO2.CH4/c1-15(2)20(28)22-12-14-29-13-11-21-16(24)7-5-3-4-6-8-19(27)30-23-17(25)9-10-18(23)26;1-12(2)15(20)17-8-10-21-11-9-18-16(22)19-14-6-4-13(3)5-7-14;1-10(2)14(21)16-6-8-22-7-5-15-11(18)9-17-12(19)3-4-13(17)20;1-4-5-6-7-8-11-10(12)9(2)3;2*1-7(2)9(12)10-6-4-5-8(3)11;1-4-6-12-7-5-10-9(11)8(2)3;/h15H,3-14H2,1-2H3,(H,21,24)(H,22,28);4-7,12H,8-11H2,1-3H3,(H,17,20)(H2,18,19,22);3-4,10H,5-9H2,1-2H3,(H,15,18)(H,16,21);9H,4-8H2,1-3H3,(H,11,12);2*7H,4-6H2,1-3H3,(H,10,12);8H,4-7H2,1-3H3,(H,10,11);1H4. The minimum absolute atomic E-state index is 0. The molecular formula is C88H157N13O21S. The fraction of sp³-hybridized carbons (Fsp3) is 0.716. The van der Waals surface area contributed by atoms with Crippen LogP contribution in [-0.4, -0.2) is 234 Å². The highest BCUT2D eigenvalue weighted by atomic mass is 32.1. The smallest absolute Gasteiger partial charge is 0.333 e. The van der Waals surface area contributed by atoms with Crippen molar-refractivity contribution in [2.45, 2.75) is 248 Å². The van der Waals surface area contributed by atoms with Crippen LogP contribution in [0.25, 0.3) is 0 Å². The Hall–Kier alpha value is -9.19. The number of hydrogen-bond acceptors (Lipinski definition) is 22. The maximum Gasteiger partial charge on any atom is 0.333 e. The normalized spacial score (nSPS) is 11.6. The number of ketones is 2. The quantitative estimate of drug-likeness (QED) is 0.0166. The maximum atomic E-state index is 11.7. The molecule has 11 N–H and O–H groups in total. The van der Waals surface area contributed by atoms with Crippen LogP contribution in [0.4, 0.5) is 5.69 Å². The number of amides is 13. The summed E-state index contributed by atoms with van der Waals surface area (Å²) in [5.41, 5.74) is 2.17. The number of nitrogens with zero attached hydrogens (tertiary/aromatic N) is 2. The van der Waals surface area contributed by atoms with E-state index in [-0.39, 0.29) is 147 Å². The second-order valence-electron chi connectivity index (χ2n) is 30.7. The molecule has 0 radical (unpaired) electrons. The number of hydrogen-bond donors (Lipinski definition) is 11. The summed E-state index contributed by atoms with van der Waals surface area (Å²) in [5.74, 6) is -2.17. The van der Waals surface area contributed by atoms with Crippen LogP contribution in [0.15, 0.2) is 36.4 Å². The van der Waals surface area contributed by atoms with Gasteiger partial charge in [0.05, 0.1) is 46.2 Å². The number of anilines is 1. The molecule has 34 nitrogen and oxygen atoms in total. The lowest BCUT2D eigenvalue weighted by Crippen LogP contribution is -2.41. The van der Waals surface area contributed by atoms with Gasteiger partial charge in [0, 0.05) is 170 Å². The van der Waals surface area contributed by atoms with Crippen molar-refractivity contribution in [3.63, 3.8) is 0 Å². The molecular weight excluding hydrogens is 1610 g/mol. The van der Waals surface area contributed by atoms with Crippen LogP contribution in [-0.2, 0) is 100 Å². The minimum Gasteiger partial charge on any atom is -0.380 e. The van der Waals surface area contributed by atoms with E-state index in [0.717, 1.165) is 74.4 Å². The summed E-state index contributed by atoms with van der Waals surface area (Å²) < 4.78 is 21.2. The number of carbonyl (C=O) groups is 16. The van der Waals surface area contributed by atoms with Gasteiger partial charge in [-0.05, 0) is 83.6 Å². The minimum atomic E-state index is -0.597. The van der Waals surface area contributed by atoms with Crippen molar-refractivity contribution in [2.75, 3.05) is 130 Å². The molecule has 2 aliphatic heterocycles. The van der Waals surface area contributed by atoms with Crippen molar-refractivity contribution in [2.24, 2.45) is 41.4 Å². The summed E-state index contributed by atoms with van der Waals surface area (Å²) in [4.78, 5) is 185. The van der Waals surface area contributed by atoms with Crippen LogP contribution in [0.2, 0.25) is 0 Å². The van der Waals surface area contributed by atoms with E-state index in [4.69, 9.17) is 36.0 Å². The summed E-state index contributed by atoms with van der Waals surface area (Å²) >= 11 is 5.20. The lowest BCUT2D eigenvalue weighted by molar-refractivity contribution is -0.197. The highest BCUT2D eigenvalue weighted by molar-refractivity contribution is 7.80. The molecule has 0 atom stereocenters. The lowest BCUT2D eigenvalue weighted by Gasteiger charge is -2.13. The molecule has 706 valence electrons. The van der Waals surface area contributed by atoms with E-state index in [0.29, 0.717) is 134 Å². The third-order valence-corrected chi connectivity index (χ3v) is 16.7. The van der Waals surface area contributed by atoms with Crippen molar-refractivity contribution in [1.29, 1.82) is 0 Å². The third kappa shape index (κ3) is 77.4. The molecule has 2 aliphatic rings. The van der Waals surface area contributed by atoms with Gasteiger partial charge in [-0.15, -0.1) is 5.06 Å². The fourth-order valence-electron chi connectivity index (χ4n) is 8.99. The van der Waals surface area contributed by atoms with Gasteiger partial charge in [0.2, 0.25) is 53.2 Å². The van der Waals surface area contributed by atoms with Gasteiger partial charge in [0.25, 0.3) is 23.6 Å². The van der Waals surface area contributed by atoms with Crippen molar-refractivity contribution in [3.8, 4) is 0 Å². The summed E-state index contributed by atoms with van der Waals surface area (Å²) in [6, 6.07) is 8.02. The first-order valence-corrected chi connectivity index (χ1v) is 43.5. The monoisotopic (exact) mass is 1760 g/mol. The summed E-state index contributed by atoms with van der Waals surface area (Å²) in [6.45, 7) is 44.3. The Bertz CT molecular complexity index is 3120. The molecule has 1 aromatic rings. The van der Waals surface area contributed by atoms with Crippen LogP contribution in [0.1, 0.15) is 247 Å². The number of thiocarbonyl (C=S) groups is 1. The average molecular weight is 1770 g/mol. The highest BCUT2D eigenvalue weighted by Gasteiger charge is 2.33. The van der Waals surface area contributed by atoms with Crippen molar-refractivity contribution < 1.29 is 100 Å². The summed E-state index contributed by atoms with van der Waals surface area (Å²) in [7, 11) is 0. The Balaban J connectivity index is -0.000000454. The van der Waals surface area contributed by atoms with Crippen LogP contribution < -0.4 is 58.5 Å². The van der Waals surface area contributed by atoms with E-state index in [9.17, 15) is 76.7 Å². The largest absolute Gasteiger partial charge is 0.380 e. The number of nitrogens with one attached hydrogen (secondary N) is 11. The first-order chi connectivity index (χ1) is 57.6. The van der Waals surface area contributed by atoms with Gasteiger partial charge in [0.15, 0.2) is 5.11 Å². The number of carbonyl (C=O) groups excluding carboxylic acids is 16. The summed E-state index contributed by atoms with van der Waals surface area (Å²) in [5, 5.41) is 32.0. The average Bonchev–Trinajstić information content (AvgIpc) is 1.75. The molecule has 1 fully saturated rings. The molecule has 1 saturated heterocycles. The predicted octanol–water partition coefficient (Wildman–Crippen LogP) is 8.14. The second kappa shape index (κ2) is 80.0. The Kier molecular flexibility index (Phi) is 79.5. The second-order valence-corrected chi connectivity index (χ2v) is 31.2. The molecule has 0 spiro atoms. The number of aryl methyl sites for hydroxylation is 1. The Morgan fingerprint density at radius 1 is 0.366 bits per heavy atom. The number of unbranched alkanes of at least 4 members (excludes halogenated alkanes) is 6. The molecule has 2 heterocycles. The number of rotatable bonds is 54. The Labute approximate surface area is 739 Å². The Morgan fingerprint density at radius 2 is 0.675 bits per heavy atom. The van der Waals surface area contributed by atoms with E-state index in [1.54, 1.807) is 27.7 Å². The molecule has 1 aromatic carbocycles. The zero-order valence-electron chi connectivity index (χ0n) is 76.8. The van der Waals surface area contributed by atoms with Gasteiger partial charge >= 0.3 is 5.97 Å². The van der Waals surface area contributed by atoms with Gasteiger partial charge in [-0.2, -0.15) is 0 Å².